The Labute approximate surface area is 122 Å². The summed E-state index contributed by atoms with van der Waals surface area (Å²) in [6.07, 6.45) is -8.79. The minimum absolute atomic E-state index is 0.0621. The highest BCUT2D eigenvalue weighted by molar-refractivity contribution is 5.79. The maximum atomic E-state index is 13.0. The lowest BCUT2D eigenvalue weighted by Gasteiger charge is -2.19. The number of hydrogen-bond acceptors (Lipinski definition) is 1. The molecule has 1 saturated heterocycles. The summed E-state index contributed by atoms with van der Waals surface area (Å²) in [4.78, 5) is 13.3. The van der Waals surface area contributed by atoms with Gasteiger partial charge in [-0.05, 0) is 30.5 Å². The molecule has 0 aromatic heterocycles. The molecule has 8 heteroatoms. The molecule has 122 valence electrons. The van der Waals surface area contributed by atoms with Crippen LogP contribution in [-0.4, -0.2) is 23.9 Å². The van der Waals surface area contributed by atoms with Crippen molar-refractivity contribution in [2.24, 2.45) is 0 Å². The van der Waals surface area contributed by atoms with E-state index in [0.717, 1.165) is 18.9 Å². The lowest BCUT2D eigenvalue weighted by atomic mass is 10.00. The van der Waals surface area contributed by atoms with Gasteiger partial charge in [0.1, 0.15) is 0 Å². The third kappa shape index (κ3) is 3.72. The maximum absolute atomic E-state index is 13.0. The van der Waals surface area contributed by atoms with Crippen molar-refractivity contribution in [3.63, 3.8) is 0 Å². The van der Waals surface area contributed by atoms with E-state index in [0.29, 0.717) is 19.2 Å². The lowest BCUT2D eigenvalue weighted by Crippen LogP contribution is -2.30. The second-order valence-electron chi connectivity index (χ2n) is 5.13. The molecule has 22 heavy (non-hydrogen) atoms. The van der Waals surface area contributed by atoms with Gasteiger partial charge in [0.25, 0.3) is 0 Å². The van der Waals surface area contributed by atoms with Crippen molar-refractivity contribution < 1.29 is 31.1 Å². The molecule has 2 nitrogen and oxygen atoms in total. The standard InChI is InChI=1S/C14H13F6NO/c15-13(16,17)10-4-3-9(11(8-10)14(18,19)20)7-12(22)21-5-1-2-6-21/h3-4,8H,1-2,5-7H2. The Kier molecular flexibility index (Phi) is 4.39. The fourth-order valence-corrected chi connectivity index (χ4v) is 2.41. The number of amides is 1. The third-order valence-corrected chi connectivity index (χ3v) is 3.54. The number of alkyl halides is 6. The Morgan fingerprint density at radius 3 is 2.09 bits per heavy atom. The number of benzene rings is 1. The summed E-state index contributed by atoms with van der Waals surface area (Å²) >= 11 is 0. The normalized spacial score (nSPS) is 16.2. The molecule has 1 amide bonds. The molecule has 2 rings (SSSR count). The van der Waals surface area contributed by atoms with Crippen molar-refractivity contribution in [1.29, 1.82) is 0 Å². The quantitative estimate of drug-likeness (QED) is 0.756. The number of rotatable bonds is 2. The monoisotopic (exact) mass is 325 g/mol. The maximum Gasteiger partial charge on any atom is 0.416 e. The Morgan fingerprint density at radius 1 is 1.00 bits per heavy atom. The fourth-order valence-electron chi connectivity index (χ4n) is 2.41. The topological polar surface area (TPSA) is 20.3 Å². The Bertz CT molecular complexity index is 557. The molecule has 1 aromatic rings. The van der Waals surface area contributed by atoms with Gasteiger partial charge in [-0.25, -0.2) is 0 Å². The summed E-state index contributed by atoms with van der Waals surface area (Å²) in [5, 5.41) is 0. The first-order valence-electron chi connectivity index (χ1n) is 6.64. The minimum atomic E-state index is -4.94. The highest BCUT2D eigenvalue weighted by atomic mass is 19.4. The highest BCUT2D eigenvalue weighted by Crippen LogP contribution is 2.37. The molecule has 1 heterocycles. The molecule has 0 radical (unpaired) electrons. The van der Waals surface area contributed by atoms with Gasteiger partial charge < -0.3 is 4.90 Å². The lowest BCUT2D eigenvalue weighted by molar-refractivity contribution is -0.143. The van der Waals surface area contributed by atoms with Gasteiger partial charge in [0.2, 0.25) is 5.91 Å². The number of halogens is 6. The van der Waals surface area contributed by atoms with Crippen LogP contribution in [0.2, 0.25) is 0 Å². The fraction of sp³-hybridized carbons (Fsp3) is 0.500. The van der Waals surface area contributed by atoms with Gasteiger partial charge >= 0.3 is 12.4 Å². The van der Waals surface area contributed by atoms with E-state index in [1.165, 1.54) is 4.90 Å². The number of likely N-dealkylation sites (tertiary alicyclic amines) is 1. The molecule has 1 aliphatic heterocycles. The zero-order valence-corrected chi connectivity index (χ0v) is 11.4. The Morgan fingerprint density at radius 2 is 1.59 bits per heavy atom. The largest absolute Gasteiger partial charge is 0.416 e. The van der Waals surface area contributed by atoms with Gasteiger partial charge in [0.15, 0.2) is 0 Å². The molecule has 1 aromatic carbocycles. The van der Waals surface area contributed by atoms with Crippen LogP contribution in [0.3, 0.4) is 0 Å². The van der Waals surface area contributed by atoms with Crippen molar-refractivity contribution in [2.45, 2.75) is 31.6 Å². The Balaban J connectivity index is 2.32. The van der Waals surface area contributed by atoms with Gasteiger partial charge in [-0.1, -0.05) is 6.07 Å². The highest BCUT2D eigenvalue weighted by Gasteiger charge is 2.38. The molecule has 0 aliphatic carbocycles. The molecule has 1 aliphatic rings. The summed E-state index contributed by atoms with van der Waals surface area (Å²) in [6, 6.07) is 1.37. The molecular formula is C14H13F6NO. The van der Waals surface area contributed by atoms with Crippen LogP contribution in [0.15, 0.2) is 18.2 Å². The first-order valence-corrected chi connectivity index (χ1v) is 6.64. The van der Waals surface area contributed by atoms with E-state index in [1.54, 1.807) is 0 Å². The summed E-state index contributed by atoms with van der Waals surface area (Å²) < 4.78 is 76.5. The third-order valence-electron chi connectivity index (χ3n) is 3.54. The van der Waals surface area contributed by atoms with E-state index in [9.17, 15) is 31.1 Å². The van der Waals surface area contributed by atoms with Crippen LogP contribution < -0.4 is 0 Å². The van der Waals surface area contributed by atoms with Crippen molar-refractivity contribution in [1.82, 2.24) is 4.90 Å². The summed E-state index contributed by atoms with van der Waals surface area (Å²) in [6.45, 7) is 0.946. The summed E-state index contributed by atoms with van der Waals surface area (Å²) in [5.41, 5.74) is -3.22. The number of hydrogen-bond donors (Lipinski definition) is 0. The second-order valence-corrected chi connectivity index (χ2v) is 5.13. The van der Waals surface area contributed by atoms with Crippen LogP contribution in [0.5, 0.6) is 0 Å². The number of nitrogens with zero attached hydrogens (tertiary/aromatic N) is 1. The molecule has 0 spiro atoms. The molecule has 0 atom stereocenters. The number of carbonyl (C=O) groups excluding carboxylic acids is 1. The predicted molar refractivity (Wildman–Crippen MR) is 66.0 cm³/mol. The van der Waals surface area contributed by atoms with Gasteiger partial charge in [-0.15, -0.1) is 0 Å². The first-order chi connectivity index (χ1) is 10.1. The molecule has 0 unspecified atom stereocenters. The van der Waals surface area contributed by atoms with Gasteiger partial charge in [0, 0.05) is 13.1 Å². The molecule has 1 fully saturated rings. The summed E-state index contributed by atoms with van der Waals surface area (Å²) in [5.74, 6) is -0.497. The van der Waals surface area contributed by atoms with Crippen LogP contribution in [0.1, 0.15) is 29.5 Å². The molecule has 0 N–H and O–H groups in total. The average Bonchev–Trinajstić information content (AvgIpc) is 2.90. The SMILES string of the molecule is O=C(Cc1ccc(C(F)(F)F)cc1C(F)(F)F)N1CCCC1. The number of carbonyl (C=O) groups is 1. The smallest absolute Gasteiger partial charge is 0.342 e. The molecule has 0 saturated carbocycles. The second kappa shape index (κ2) is 5.81. The van der Waals surface area contributed by atoms with Gasteiger partial charge in [0.05, 0.1) is 17.5 Å². The minimum Gasteiger partial charge on any atom is -0.342 e. The van der Waals surface area contributed by atoms with Crippen LogP contribution in [0.25, 0.3) is 0 Å². The first kappa shape index (κ1) is 16.6. The van der Waals surface area contributed by atoms with E-state index >= 15 is 0 Å². The predicted octanol–water partition coefficient (Wildman–Crippen LogP) is 3.89. The van der Waals surface area contributed by atoms with Gasteiger partial charge in [-0.2, -0.15) is 26.3 Å². The van der Waals surface area contributed by atoms with E-state index in [2.05, 4.69) is 0 Å². The van der Waals surface area contributed by atoms with Gasteiger partial charge in [-0.3, -0.25) is 4.79 Å². The van der Waals surface area contributed by atoms with Crippen LogP contribution in [0.4, 0.5) is 26.3 Å². The molecular weight excluding hydrogens is 312 g/mol. The van der Waals surface area contributed by atoms with Crippen molar-refractivity contribution in [2.75, 3.05) is 13.1 Å². The zero-order valence-electron chi connectivity index (χ0n) is 11.4. The van der Waals surface area contributed by atoms with Crippen LogP contribution >= 0.6 is 0 Å². The average molecular weight is 325 g/mol. The van der Waals surface area contributed by atoms with E-state index in [1.807, 2.05) is 0 Å². The van der Waals surface area contributed by atoms with E-state index in [4.69, 9.17) is 0 Å². The van der Waals surface area contributed by atoms with Crippen molar-refractivity contribution in [3.8, 4) is 0 Å². The van der Waals surface area contributed by atoms with Crippen molar-refractivity contribution >= 4 is 5.91 Å². The van der Waals surface area contributed by atoms with Crippen molar-refractivity contribution in [3.05, 3.63) is 34.9 Å². The van der Waals surface area contributed by atoms with Crippen LogP contribution in [0, 0.1) is 0 Å². The van der Waals surface area contributed by atoms with E-state index < -0.39 is 41.4 Å². The molecule has 0 bridgehead atoms. The van der Waals surface area contributed by atoms with Crippen LogP contribution in [-0.2, 0) is 23.6 Å². The van der Waals surface area contributed by atoms with E-state index in [-0.39, 0.29) is 6.07 Å². The summed E-state index contributed by atoms with van der Waals surface area (Å²) in [7, 11) is 0. The Hall–Kier alpha value is -1.73. The zero-order chi connectivity index (χ0) is 16.5.